The van der Waals surface area contributed by atoms with Crippen molar-refractivity contribution in [3.05, 3.63) is 0 Å². The molecule has 0 heterocycles. The molecule has 0 aromatic heterocycles. The van der Waals surface area contributed by atoms with Crippen molar-refractivity contribution in [3.63, 3.8) is 0 Å². The molecule has 0 aromatic rings. The Hall–Kier alpha value is -0.120. The molecule has 86 valence electrons. The predicted molar refractivity (Wildman–Crippen MR) is 57.2 cm³/mol. The lowest BCUT2D eigenvalue weighted by Gasteiger charge is -2.31. The van der Waals surface area contributed by atoms with Crippen LogP contribution in [-0.4, -0.2) is 34.6 Å². The van der Waals surface area contributed by atoms with Crippen molar-refractivity contribution in [2.24, 2.45) is 0 Å². The Balaban J connectivity index is 3.89. The Morgan fingerprint density at radius 1 is 1.29 bits per heavy atom. The summed E-state index contributed by atoms with van der Waals surface area (Å²) in [6, 6.07) is 0. The van der Waals surface area contributed by atoms with E-state index in [1.807, 2.05) is 13.8 Å². The lowest BCUT2D eigenvalue weighted by atomic mass is 9.96. The fourth-order valence-electron chi connectivity index (χ4n) is 1.18. The zero-order chi connectivity index (χ0) is 11.2. The third-order valence-electron chi connectivity index (χ3n) is 2.34. The third kappa shape index (κ3) is 5.58. The van der Waals surface area contributed by atoms with E-state index in [1.165, 1.54) is 0 Å². The normalized spacial score (nSPS) is 16.7. The molecule has 2 unspecified atom stereocenters. The lowest BCUT2D eigenvalue weighted by molar-refractivity contribution is -0.112. The summed E-state index contributed by atoms with van der Waals surface area (Å²) >= 11 is 0. The summed E-state index contributed by atoms with van der Waals surface area (Å²) in [4.78, 5) is 0. The van der Waals surface area contributed by atoms with Gasteiger partial charge >= 0.3 is 0 Å². The van der Waals surface area contributed by atoms with Crippen LogP contribution in [0.3, 0.4) is 0 Å². The average molecular weight is 204 g/mol. The van der Waals surface area contributed by atoms with Crippen LogP contribution in [-0.2, 0) is 4.74 Å². The first-order valence-electron chi connectivity index (χ1n) is 5.40. The summed E-state index contributed by atoms with van der Waals surface area (Å²) in [6.07, 6.45) is 1.35. The van der Waals surface area contributed by atoms with E-state index in [0.717, 1.165) is 12.8 Å². The molecule has 3 nitrogen and oxygen atoms in total. The van der Waals surface area contributed by atoms with Crippen molar-refractivity contribution in [3.8, 4) is 0 Å². The Kier molecular flexibility index (Phi) is 6.33. The second-order valence-electron chi connectivity index (χ2n) is 4.41. The minimum absolute atomic E-state index is 0.360. The minimum atomic E-state index is -0.612. The van der Waals surface area contributed by atoms with Crippen LogP contribution in [0, 0.1) is 0 Å². The Morgan fingerprint density at radius 3 is 2.29 bits per heavy atom. The summed E-state index contributed by atoms with van der Waals surface area (Å²) < 4.78 is 5.57. The van der Waals surface area contributed by atoms with E-state index in [2.05, 4.69) is 6.92 Å². The molecule has 0 aliphatic heterocycles. The van der Waals surface area contributed by atoms with Crippen LogP contribution in [0.5, 0.6) is 0 Å². The molecule has 2 N–H and O–H groups in total. The SMILES string of the molecule is CCCCOC(C)(C)C(O)CC(C)O. The molecular formula is C11H24O3. The molecule has 0 saturated carbocycles. The van der Waals surface area contributed by atoms with Crippen molar-refractivity contribution >= 4 is 0 Å². The van der Waals surface area contributed by atoms with Crippen LogP contribution in [0.25, 0.3) is 0 Å². The van der Waals surface area contributed by atoms with E-state index in [1.54, 1.807) is 6.92 Å². The van der Waals surface area contributed by atoms with Crippen molar-refractivity contribution in [1.82, 2.24) is 0 Å². The number of rotatable bonds is 7. The number of aliphatic hydroxyl groups excluding tert-OH is 2. The number of hydrogen-bond acceptors (Lipinski definition) is 3. The van der Waals surface area contributed by atoms with Gasteiger partial charge in [-0.1, -0.05) is 13.3 Å². The molecular weight excluding hydrogens is 180 g/mol. The van der Waals surface area contributed by atoms with E-state index >= 15 is 0 Å². The first kappa shape index (κ1) is 13.9. The number of ether oxygens (including phenoxy) is 1. The Bertz CT molecular complexity index is 143. The maximum Gasteiger partial charge on any atom is 0.0885 e. The van der Waals surface area contributed by atoms with Crippen molar-refractivity contribution in [1.29, 1.82) is 0 Å². The van der Waals surface area contributed by atoms with Gasteiger partial charge in [0, 0.05) is 13.0 Å². The van der Waals surface area contributed by atoms with Crippen molar-refractivity contribution in [2.45, 2.75) is 64.8 Å². The molecule has 0 aromatic carbocycles. The van der Waals surface area contributed by atoms with Crippen LogP contribution in [0.15, 0.2) is 0 Å². The van der Waals surface area contributed by atoms with Crippen molar-refractivity contribution in [2.75, 3.05) is 6.61 Å². The maximum absolute atomic E-state index is 9.76. The largest absolute Gasteiger partial charge is 0.393 e. The zero-order valence-corrected chi connectivity index (χ0v) is 9.79. The standard InChI is InChI=1S/C11H24O3/c1-5-6-7-14-11(3,4)10(13)8-9(2)12/h9-10,12-13H,5-8H2,1-4H3. The van der Waals surface area contributed by atoms with Gasteiger partial charge in [0.1, 0.15) is 0 Å². The summed E-state index contributed by atoms with van der Waals surface area (Å²) in [7, 11) is 0. The molecule has 3 heteroatoms. The predicted octanol–water partition coefficient (Wildman–Crippen LogP) is 1.71. The van der Waals surface area contributed by atoms with E-state index < -0.39 is 17.8 Å². The maximum atomic E-state index is 9.76. The molecule has 0 aliphatic carbocycles. The number of aliphatic hydroxyl groups is 2. The van der Waals surface area contributed by atoms with Gasteiger partial charge in [0.05, 0.1) is 17.8 Å². The molecule has 0 saturated heterocycles. The second kappa shape index (κ2) is 6.38. The fourth-order valence-corrected chi connectivity index (χ4v) is 1.18. The van der Waals surface area contributed by atoms with Gasteiger partial charge in [-0.25, -0.2) is 0 Å². The highest BCUT2D eigenvalue weighted by molar-refractivity contribution is 4.80. The van der Waals surface area contributed by atoms with Gasteiger partial charge < -0.3 is 14.9 Å². The molecule has 2 atom stereocenters. The number of hydrogen-bond donors (Lipinski definition) is 2. The summed E-state index contributed by atoms with van der Waals surface area (Å²) in [5.41, 5.74) is -0.563. The Morgan fingerprint density at radius 2 is 1.86 bits per heavy atom. The van der Waals surface area contributed by atoms with Crippen LogP contribution in [0.2, 0.25) is 0 Å². The van der Waals surface area contributed by atoms with Crippen LogP contribution in [0.1, 0.15) is 47.0 Å². The van der Waals surface area contributed by atoms with Crippen LogP contribution in [0.4, 0.5) is 0 Å². The molecule has 0 spiro atoms. The van der Waals surface area contributed by atoms with E-state index in [0.29, 0.717) is 13.0 Å². The highest BCUT2D eigenvalue weighted by Crippen LogP contribution is 2.19. The molecule has 0 amide bonds. The van der Waals surface area contributed by atoms with Crippen LogP contribution < -0.4 is 0 Å². The molecule has 0 radical (unpaired) electrons. The number of unbranched alkanes of at least 4 members (excludes halogenated alkanes) is 1. The topological polar surface area (TPSA) is 49.7 Å². The Labute approximate surface area is 87.1 Å². The first-order valence-corrected chi connectivity index (χ1v) is 5.40. The smallest absolute Gasteiger partial charge is 0.0885 e. The van der Waals surface area contributed by atoms with Gasteiger partial charge in [0.25, 0.3) is 0 Å². The zero-order valence-electron chi connectivity index (χ0n) is 9.79. The quantitative estimate of drug-likeness (QED) is 0.621. The lowest BCUT2D eigenvalue weighted by Crippen LogP contribution is -2.41. The van der Waals surface area contributed by atoms with Gasteiger partial charge in [-0.15, -0.1) is 0 Å². The minimum Gasteiger partial charge on any atom is -0.393 e. The summed E-state index contributed by atoms with van der Waals surface area (Å²) in [6.45, 7) is 8.15. The van der Waals surface area contributed by atoms with Gasteiger partial charge in [0.2, 0.25) is 0 Å². The molecule has 0 fully saturated rings. The van der Waals surface area contributed by atoms with Gasteiger partial charge in [-0.3, -0.25) is 0 Å². The highest BCUT2D eigenvalue weighted by Gasteiger charge is 2.29. The van der Waals surface area contributed by atoms with E-state index in [-0.39, 0.29) is 0 Å². The fraction of sp³-hybridized carbons (Fsp3) is 1.00. The van der Waals surface area contributed by atoms with E-state index in [9.17, 15) is 5.11 Å². The summed E-state index contributed by atoms with van der Waals surface area (Å²) in [5, 5.41) is 18.9. The van der Waals surface area contributed by atoms with Crippen molar-refractivity contribution < 1.29 is 14.9 Å². The summed E-state index contributed by atoms with van der Waals surface area (Å²) in [5.74, 6) is 0. The van der Waals surface area contributed by atoms with Gasteiger partial charge in [-0.2, -0.15) is 0 Å². The monoisotopic (exact) mass is 204 g/mol. The molecule has 0 rings (SSSR count). The molecule has 14 heavy (non-hydrogen) atoms. The molecule has 0 bridgehead atoms. The van der Waals surface area contributed by atoms with Gasteiger partial charge in [0.15, 0.2) is 0 Å². The highest BCUT2D eigenvalue weighted by atomic mass is 16.5. The second-order valence-corrected chi connectivity index (χ2v) is 4.41. The van der Waals surface area contributed by atoms with Gasteiger partial charge in [-0.05, 0) is 27.2 Å². The third-order valence-corrected chi connectivity index (χ3v) is 2.34. The molecule has 0 aliphatic rings. The first-order chi connectivity index (χ1) is 6.40. The average Bonchev–Trinajstić information content (AvgIpc) is 2.03. The van der Waals surface area contributed by atoms with Crippen LogP contribution >= 0.6 is 0 Å². The van der Waals surface area contributed by atoms with E-state index in [4.69, 9.17) is 9.84 Å².